The van der Waals surface area contributed by atoms with Crippen molar-refractivity contribution in [3.8, 4) is 0 Å². The number of hydrogen-bond donors (Lipinski definition) is 0. The zero-order valence-electron chi connectivity index (χ0n) is 17.4. The second-order valence-corrected chi connectivity index (χ2v) is 8.07. The lowest BCUT2D eigenvalue weighted by atomic mass is 10.1. The maximum Gasteiger partial charge on any atom is 0.261 e. The summed E-state index contributed by atoms with van der Waals surface area (Å²) in [4.78, 5) is 52.3. The van der Waals surface area contributed by atoms with Crippen LogP contribution >= 0.6 is 0 Å². The van der Waals surface area contributed by atoms with E-state index in [0.717, 1.165) is 0 Å². The molecule has 8 nitrogen and oxygen atoms in total. The van der Waals surface area contributed by atoms with E-state index >= 15 is 0 Å². The molecule has 3 heterocycles. The highest BCUT2D eigenvalue weighted by molar-refractivity contribution is 6.22. The van der Waals surface area contributed by atoms with Crippen LogP contribution in [0.3, 0.4) is 0 Å². The van der Waals surface area contributed by atoms with Gasteiger partial charge in [0.05, 0.1) is 35.0 Å². The summed E-state index contributed by atoms with van der Waals surface area (Å²) in [6.07, 6.45) is 0.930. The maximum absolute atomic E-state index is 12.5. The van der Waals surface area contributed by atoms with Crippen molar-refractivity contribution in [3.05, 3.63) is 70.8 Å². The lowest BCUT2D eigenvalue weighted by Crippen LogP contribution is -2.33. The molecule has 0 N–H and O–H groups in total. The molecule has 0 aliphatic carbocycles. The van der Waals surface area contributed by atoms with E-state index in [1.165, 1.54) is 9.80 Å². The first-order valence-electron chi connectivity index (χ1n) is 10.7. The summed E-state index contributed by atoms with van der Waals surface area (Å²) in [5.74, 6) is -1.08. The van der Waals surface area contributed by atoms with Crippen molar-refractivity contribution < 1.29 is 28.7 Å². The van der Waals surface area contributed by atoms with Gasteiger partial charge in [-0.1, -0.05) is 24.3 Å². The third-order valence-corrected chi connectivity index (χ3v) is 6.06. The van der Waals surface area contributed by atoms with Crippen molar-refractivity contribution in [2.75, 3.05) is 19.7 Å². The lowest BCUT2D eigenvalue weighted by molar-refractivity contribution is -0.0647. The van der Waals surface area contributed by atoms with Gasteiger partial charge >= 0.3 is 0 Å². The Morgan fingerprint density at radius 2 is 1.16 bits per heavy atom. The zero-order valence-corrected chi connectivity index (χ0v) is 17.4. The van der Waals surface area contributed by atoms with Gasteiger partial charge in [0.2, 0.25) is 0 Å². The Kier molecular flexibility index (Phi) is 5.32. The van der Waals surface area contributed by atoms with Gasteiger partial charge in [-0.05, 0) is 37.1 Å². The lowest BCUT2D eigenvalue weighted by Gasteiger charge is -2.17. The SMILES string of the molecule is O=C1c2ccccc2C(=O)N1CCC[C@@H]1OC[C@H](CCN2C(=O)c3ccccc3C2=O)O1. The van der Waals surface area contributed by atoms with Gasteiger partial charge in [-0.25, -0.2) is 0 Å². The molecular formula is C24H22N2O6. The fourth-order valence-corrected chi connectivity index (χ4v) is 4.38. The smallest absolute Gasteiger partial charge is 0.261 e. The van der Waals surface area contributed by atoms with Gasteiger partial charge in [0.25, 0.3) is 23.6 Å². The standard InChI is InChI=1S/C24H22N2O6/c27-21-16-6-1-2-7-17(16)22(28)25(21)12-5-10-20-31-14-15(32-20)11-13-26-23(29)18-8-3-4-9-19(18)24(26)30/h1-4,6-9,15,20H,5,10-14H2/t15-,20+/m0/s1. The van der Waals surface area contributed by atoms with Crippen LogP contribution in [-0.4, -0.2) is 65.5 Å². The molecule has 1 saturated heterocycles. The summed E-state index contributed by atoms with van der Waals surface area (Å²) in [5, 5.41) is 0. The molecule has 0 unspecified atom stereocenters. The monoisotopic (exact) mass is 434 g/mol. The summed E-state index contributed by atoms with van der Waals surface area (Å²) in [5.41, 5.74) is 1.76. The molecule has 3 aliphatic rings. The Morgan fingerprint density at radius 3 is 1.66 bits per heavy atom. The highest BCUT2D eigenvalue weighted by Gasteiger charge is 2.37. The van der Waals surface area contributed by atoms with Gasteiger partial charge in [-0.15, -0.1) is 0 Å². The summed E-state index contributed by atoms with van der Waals surface area (Å²) < 4.78 is 11.6. The van der Waals surface area contributed by atoms with Crippen molar-refractivity contribution in [2.24, 2.45) is 0 Å². The van der Waals surface area contributed by atoms with Gasteiger partial charge in [0.15, 0.2) is 6.29 Å². The Labute approximate surface area is 184 Å². The van der Waals surface area contributed by atoms with Crippen LogP contribution in [0.1, 0.15) is 60.7 Å². The largest absolute Gasteiger partial charge is 0.350 e. The van der Waals surface area contributed by atoms with E-state index < -0.39 is 6.29 Å². The first-order valence-corrected chi connectivity index (χ1v) is 10.7. The van der Waals surface area contributed by atoms with Crippen LogP contribution in [-0.2, 0) is 9.47 Å². The fourth-order valence-electron chi connectivity index (χ4n) is 4.38. The first-order chi connectivity index (χ1) is 15.5. The molecule has 2 atom stereocenters. The third kappa shape index (κ3) is 3.51. The van der Waals surface area contributed by atoms with Crippen molar-refractivity contribution in [1.82, 2.24) is 9.80 Å². The number of benzene rings is 2. The van der Waals surface area contributed by atoms with E-state index in [9.17, 15) is 19.2 Å². The predicted molar refractivity (Wildman–Crippen MR) is 112 cm³/mol. The molecule has 0 radical (unpaired) electrons. The van der Waals surface area contributed by atoms with Crippen LogP contribution in [0.5, 0.6) is 0 Å². The quantitative estimate of drug-likeness (QED) is 0.622. The molecule has 164 valence electrons. The summed E-state index contributed by atoms with van der Waals surface area (Å²) in [6, 6.07) is 13.6. The number of nitrogens with zero attached hydrogens (tertiary/aromatic N) is 2. The van der Waals surface area contributed by atoms with E-state index in [2.05, 4.69) is 0 Å². The molecule has 0 saturated carbocycles. The topological polar surface area (TPSA) is 93.2 Å². The molecule has 0 spiro atoms. The molecule has 0 aromatic heterocycles. The Hall–Kier alpha value is -3.36. The van der Waals surface area contributed by atoms with Gasteiger partial charge < -0.3 is 9.47 Å². The predicted octanol–water partition coefficient (Wildman–Crippen LogP) is 2.49. The van der Waals surface area contributed by atoms with Crippen LogP contribution < -0.4 is 0 Å². The van der Waals surface area contributed by atoms with Crippen molar-refractivity contribution in [3.63, 3.8) is 0 Å². The van der Waals surface area contributed by atoms with E-state index in [1.807, 2.05) is 0 Å². The highest BCUT2D eigenvalue weighted by Crippen LogP contribution is 2.26. The summed E-state index contributed by atoms with van der Waals surface area (Å²) in [6.45, 7) is 0.943. The Bertz CT molecular complexity index is 1040. The van der Waals surface area contributed by atoms with E-state index in [1.54, 1.807) is 48.5 Å². The van der Waals surface area contributed by atoms with Gasteiger partial charge in [-0.2, -0.15) is 0 Å². The normalized spacial score (nSPS) is 22.1. The number of fused-ring (bicyclic) bond motifs is 2. The van der Waals surface area contributed by atoms with Crippen LogP contribution in [0.4, 0.5) is 0 Å². The molecule has 3 aliphatic heterocycles. The molecule has 32 heavy (non-hydrogen) atoms. The van der Waals surface area contributed by atoms with E-state index in [-0.39, 0.29) is 36.3 Å². The number of amides is 4. The molecular weight excluding hydrogens is 412 g/mol. The molecule has 1 fully saturated rings. The Morgan fingerprint density at radius 1 is 0.688 bits per heavy atom. The Balaban J connectivity index is 1.07. The number of hydrogen-bond acceptors (Lipinski definition) is 6. The molecule has 2 aromatic carbocycles. The average molecular weight is 434 g/mol. The number of carbonyl (C=O) groups is 4. The first kappa shape index (κ1) is 20.5. The zero-order chi connectivity index (χ0) is 22.2. The van der Waals surface area contributed by atoms with Gasteiger partial charge in [0, 0.05) is 19.5 Å². The highest BCUT2D eigenvalue weighted by atomic mass is 16.7. The van der Waals surface area contributed by atoms with E-state index in [4.69, 9.17) is 9.47 Å². The summed E-state index contributed by atoms with van der Waals surface area (Å²) in [7, 11) is 0. The van der Waals surface area contributed by atoms with Gasteiger partial charge in [0.1, 0.15) is 0 Å². The van der Waals surface area contributed by atoms with Crippen molar-refractivity contribution in [1.29, 1.82) is 0 Å². The van der Waals surface area contributed by atoms with E-state index in [0.29, 0.717) is 54.7 Å². The minimum Gasteiger partial charge on any atom is -0.350 e. The second-order valence-electron chi connectivity index (χ2n) is 8.07. The minimum absolute atomic E-state index is 0.219. The third-order valence-electron chi connectivity index (χ3n) is 6.06. The van der Waals surface area contributed by atoms with Crippen molar-refractivity contribution >= 4 is 23.6 Å². The second kappa shape index (κ2) is 8.29. The molecule has 4 amide bonds. The number of ether oxygens (including phenoxy) is 2. The maximum atomic E-state index is 12.5. The summed E-state index contributed by atoms with van der Waals surface area (Å²) >= 11 is 0. The number of imide groups is 2. The minimum atomic E-state index is -0.433. The van der Waals surface area contributed by atoms with Gasteiger partial charge in [-0.3, -0.25) is 29.0 Å². The molecule has 8 heteroatoms. The average Bonchev–Trinajstić information content (AvgIpc) is 3.44. The number of carbonyl (C=O) groups excluding carboxylic acids is 4. The number of rotatable bonds is 7. The fraction of sp³-hybridized carbons (Fsp3) is 0.333. The van der Waals surface area contributed by atoms with Crippen LogP contribution in [0.25, 0.3) is 0 Å². The van der Waals surface area contributed by atoms with Crippen molar-refractivity contribution in [2.45, 2.75) is 31.7 Å². The van der Waals surface area contributed by atoms with Crippen LogP contribution in [0.15, 0.2) is 48.5 Å². The van der Waals surface area contributed by atoms with Crippen LogP contribution in [0.2, 0.25) is 0 Å². The molecule has 5 rings (SSSR count). The molecule has 0 bridgehead atoms. The van der Waals surface area contributed by atoms with Crippen LogP contribution in [0, 0.1) is 0 Å². The molecule has 2 aromatic rings.